The van der Waals surface area contributed by atoms with Gasteiger partial charge in [0.1, 0.15) is 23.7 Å². The molecular weight excluding hydrogens is 612 g/mol. The fourth-order valence-corrected chi connectivity index (χ4v) is 5.42. The summed E-state index contributed by atoms with van der Waals surface area (Å²) in [6.07, 6.45) is 1.52. The second-order valence-corrected chi connectivity index (χ2v) is 11.6. The van der Waals surface area contributed by atoms with Crippen molar-refractivity contribution in [3.05, 3.63) is 155 Å². The first kappa shape index (κ1) is 31.9. The van der Waals surface area contributed by atoms with Crippen molar-refractivity contribution in [1.29, 1.82) is 0 Å². The maximum Gasteiger partial charge on any atom is 0.343 e. The highest BCUT2D eigenvalue weighted by molar-refractivity contribution is 6.09. The van der Waals surface area contributed by atoms with Crippen molar-refractivity contribution in [3.63, 3.8) is 0 Å². The van der Waals surface area contributed by atoms with Crippen molar-refractivity contribution >= 4 is 29.7 Å². The third-order valence-electron chi connectivity index (χ3n) is 8.03. The predicted molar refractivity (Wildman–Crippen MR) is 174 cm³/mol. The Morgan fingerprint density at radius 1 is 0.542 bits per heavy atom. The van der Waals surface area contributed by atoms with Crippen LogP contribution in [0.3, 0.4) is 0 Å². The van der Waals surface area contributed by atoms with Crippen LogP contribution in [0.1, 0.15) is 60.6 Å². The zero-order chi connectivity index (χ0) is 33.8. The highest BCUT2D eigenvalue weighted by Gasteiger charge is 2.28. The summed E-state index contributed by atoms with van der Waals surface area (Å²) in [4.78, 5) is 61.5. The Labute approximate surface area is 276 Å². The summed E-state index contributed by atoms with van der Waals surface area (Å²) in [5.74, 6) is -1.55. The molecule has 0 N–H and O–H groups in total. The van der Waals surface area contributed by atoms with E-state index in [-0.39, 0.29) is 41.4 Å². The van der Waals surface area contributed by atoms with Gasteiger partial charge in [-0.1, -0.05) is 37.4 Å². The highest BCUT2D eigenvalue weighted by Crippen LogP contribution is 2.25. The second kappa shape index (κ2) is 13.7. The van der Waals surface area contributed by atoms with Crippen LogP contribution in [0.4, 0.5) is 0 Å². The van der Waals surface area contributed by atoms with E-state index in [2.05, 4.69) is 13.2 Å². The van der Waals surface area contributed by atoms with Crippen molar-refractivity contribution < 1.29 is 42.9 Å². The Morgan fingerprint density at radius 2 is 0.875 bits per heavy atom. The maximum absolute atomic E-state index is 13.1. The third-order valence-corrected chi connectivity index (χ3v) is 8.03. The number of benzene rings is 4. The third kappa shape index (κ3) is 7.47. The standard InChI is InChI=1S/C39H30O9/c1-23-19-33(47-36(23)41)21-25-3-7-29(8-4-25)38(43)45-31-15-11-27(12-16-31)35(40)28-13-17-32(18-14-28)46-39(44)30-9-5-26(6-10-30)22-34-20-24(2)37(42)48-34/h3-18,33-34H,1-2,19-22H2. The van der Waals surface area contributed by atoms with Crippen LogP contribution in [-0.4, -0.2) is 41.9 Å². The first-order valence-corrected chi connectivity index (χ1v) is 15.3. The molecule has 0 saturated carbocycles. The minimum atomic E-state index is -0.551. The Kier molecular flexibility index (Phi) is 9.11. The van der Waals surface area contributed by atoms with Crippen molar-refractivity contribution in [1.82, 2.24) is 0 Å². The Bertz CT molecular complexity index is 1750. The molecule has 0 amide bonds. The molecule has 0 spiro atoms. The van der Waals surface area contributed by atoms with Crippen LogP contribution < -0.4 is 9.47 Å². The predicted octanol–water partition coefficient (Wildman–Crippen LogP) is 6.18. The molecule has 2 aliphatic rings. The fourth-order valence-electron chi connectivity index (χ4n) is 5.42. The number of carbonyl (C=O) groups is 5. The number of hydrogen-bond acceptors (Lipinski definition) is 9. The summed E-state index contributed by atoms with van der Waals surface area (Å²) >= 11 is 0. The van der Waals surface area contributed by atoms with Crippen LogP contribution in [-0.2, 0) is 31.9 Å². The minimum Gasteiger partial charge on any atom is -0.458 e. The van der Waals surface area contributed by atoms with Crippen molar-refractivity contribution in [3.8, 4) is 11.5 Å². The van der Waals surface area contributed by atoms with Crippen LogP contribution in [0, 0.1) is 0 Å². The number of esters is 4. The van der Waals surface area contributed by atoms with E-state index in [0.29, 0.717) is 59.1 Å². The van der Waals surface area contributed by atoms with Gasteiger partial charge in [-0.15, -0.1) is 0 Å². The fraction of sp³-hybridized carbons (Fsp3) is 0.154. The number of cyclic esters (lactones) is 2. The second-order valence-electron chi connectivity index (χ2n) is 11.6. The lowest BCUT2D eigenvalue weighted by molar-refractivity contribution is -0.139. The van der Waals surface area contributed by atoms with Crippen LogP contribution >= 0.6 is 0 Å². The number of carbonyl (C=O) groups excluding carboxylic acids is 5. The quantitative estimate of drug-likeness (QED) is 0.0863. The maximum atomic E-state index is 13.1. The van der Waals surface area contributed by atoms with Crippen LogP contribution in [0.2, 0.25) is 0 Å². The monoisotopic (exact) mass is 642 g/mol. The molecule has 9 nitrogen and oxygen atoms in total. The lowest BCUT2D eigenvalue weighted by atomic mass is 10.0. The van der Waals surface area contributed by atoms with Crippen molar-refractivity contribution in [2.24, 2.45) is 0 Å². The van der Waals surface area contributed by atoms with Gasteiger partial charge in [0, 0.05) is 48.0 Å². The average molecular weight is 643 g/mol. The van der Waals surface area contributed by atoms with Crippen molar-refractivity contribution in [2.75, 3.05) is 0 Å². The normalized spacial score (nSPS) is 17.1. The first-order valence-electron chi connectivity index (χ1n) is 15.3. The Morgan fingerprint density at radius 3 is 1.19 bits per heavy atom. The smallest absolute Gasteiger partial charge is 0.343 e. The lowest BCUT2D eigenvalue weighted by Gasteiger charge is -2.10. The molecule has 0 bridgehead atoms. The minimum absolute atomic E-state index is 0.255. The zero-order valence-corrected chi connectivity index (χ0v) is 25.8. The molecule has 2 fully saturated rings. The van der Waals surface area contributed by atoms with Gasteiger partial charge in [-0.05, 0) is 83.9 Å². The summed E-state index contributed by atoms with van der Waals surface area (Å²) in [6.45, 7) is 7.38. The van der Waals surface area contributed by atoms with Gasteiger partial charge in [0.05, 0.1) is 11.1 Å². The number of hydrogen-bond donors (Lipinski definition) is 0. The van der Waals surface area contributed by atoms with Gasteiger partial charge < -0.3 is 18.9 Å². The molecule has 0 aliphatic carbocycles. The van der Waals surface area contributed by atoms with E-state index in [4.69, 9.17) is 18.9 Å². The molecule has 9 heteroatoms. The van der Waals surface area contributed by atoms with Crippen LogP contribution in [0.25, 0.3) is 0 Å². The average Bonchev–Trinajstić information content (AvgIpc) is 3.58. The van der Waals surface area contributed by atoms with E-state index in [1.165, 1.54) is 0 Å². The van der Waals surface area contributed by atoms with Gasteiger partial charge in [0.15, 0.2) is 5.78 Å². The number of rotatable bonds is 10. The van der Waals surface area contributed by atoms with Gasteiger partial charge in [0.25, 0.3) is 0 Å². The van der Waals surface area contributed by atoms with Gasteiger partial charge in [-0.2, -0.15) is 0 Å². The van der Waals surface area contributed by atoms with Gasteiger partial charge in [0.2, 0.25) is 0 Å². The Hall–Kier alpha value is -6.09. The Balaban J connectivity index is 0.990. The molecule has 48 heavy (non-hydrogen) atoms. The summed E-state index contributed by atoms with van der Waals surface area (Å²) in [7, 11) is 0. The molecule has 6 rings (SSSR count). The van der Waals surface area contributed by atoms with Crippen LogP contribution in [0.5, 0.6) is 11.5 Å². The molecule has 0 aromatic heterocycles. The molecule has 0 radical (unpaired) electrons. The van der Waals surface area contributed by atoms with Crippen LogP contribution in [0.15, 0.2) is 121 Å². The largest absolute Gasteiger partial charge is 0.458 e. The van der Waals surface area contributed by atoms with Gasteiger partial charge >= 0.3 is 23.9 Å². The molecule has 2 heterocycles. The molecular formula is C39H30O9. The highest BCUT2D eigenvalue weighted by atomic mass is 16.6. The first-order chi connectivity index (χ1) is 23.1. The molecule has 240 valence electrons. The SMILES string of the molecule is C=C1CC(Cc2ccc(C(=O)Oc3ccc(C(=O)c4ccc(OC(=O)c5ccc(CC6CC(=C)C(=O)O6)cc5)cc4)cc3)cc2)OC1=O. The van der Waals surface area contributed by atoms with E-state index in [1.54, 1.807) is 97.1 Å². The topological polar surface area (TPSA) is 122 Å². The van der Waals surface area contributed by atoms with E-state index in [1.807, 2.05) is 0 Å². The number of ether oxygens (including phenoxy) is 4. The molecule has 2 aliphatic heterocycles. The lowest BCUT2D eigenvalue weighted by Crippen LogP contribution is -2.12. The summed E-state index contributed by atoms with van der Waals surface area (Å²) < 4.78 is 21.5. The summed E-state index contributed by atoms with van der Waals surface area (Å²) in [5, 5.41) is 0. The van der Waals surface area contributed by atoms with E-state index < -0.39 is 11.9 Å². The molecule has 2 saturated heterocycles. The van der Waals surface area contributed by atoms with Gasteiger partial charge in [-0.3, -0.25) is 4.79 Å². The zero-order valence-electron chi connectivity index (χ0n) is 25.8. The van der Waals surface area contributed by atoms with E-state index in [0.717, 1.165) is 11.1 Å². The molecule has 4 aromatic carbocycles. The molecule has 2 unspecified atom stereocenters. The molecule has 2 atom stereocenters. The summed E-state index contributed by atoms with van der Waals surface area (Å²) in [5.41, 5.74) is 4.23. The van der Waals surface area contributed by atoms with Gasteiger partial charge in [-0.25, -0.2) is 19.2 Å². The van der Waals surface area contributed by atoms with E-state index in [9.17, 15) is 24.0 Å². The van der Waals surface area contributed by atoms with Crippen molar-refractivity contribution in [2.45, 2.75) is 37.9 Å². The van der Waals surface area contributed by atoms with E-state index >= 15 is 0 Å². The summed E-state index contributed by atoms with van der Waals surface area (Å²) in [6, 6.07) is 26.2. The number of ketones is 1. The molecule has 4 aromatic rings.